The van der Waals surface area contributed by atoms with E-state index < -0.39 is 12.0 Å². The number of ether oxygens (including phenoxy) is 1. The Morgan fingerprint density at radius 3 is 2.59 bits per heavy atom. The summed E-state index contributed by atoms with van der Waals surface area (Å²) in [7, 11) is 1.26. The number of likely N-dealkylation sites (tertiary alicyclic amines) is 1. The third-order valence-corrected chi connectivity index (χ3v) is 4.81. The van der Waals surface area contributed by atoms with Crippen molar-refractivity contribution in [1.82, 2.24) is 4.90 Å². The molecule has 2 aromatic carbocycles. The van der Waals surface area contributed by atoms with Crippen LogP contribution in [0.25, 0.3) is 0 Å². The van der Waals surface area contributed by atoms with Crippen LogP contribution in [0.1, 0.15) is 33.6 Å². The Hall–Kier alpha value is -2.86. The molecule has 0 saturated carbocycles. The first-order valence-electron chi connectivity index (χ1n) is 8.56. The van der Waals surface area contributed by atoms with Crippen LogP contribution in [0.3, 0.4) is 0 Å². The number of hydrogen-bond acceptors (Lipinski definition) is 4. The van der Waals surface area contributed by atoms with Gasteiger partial charge in [-0.05, 0) is 43.2 Å². The monoisotopic (exact) mass is 386 g/mol. The van der Waals surface area contributed by atoms with Gasteiger partial charge in [-0.3, -0.25) is 9.59 Å². The largest absolute Gasteiger partial charge is 0.465 e. The highest BCUT2D eigenvalue weighted by molar-refractivity contribution is 6.33. The normalized spacial score (nSPS) is 16.1. The summed E-state index contributed by atoms with van der Waals surface area (Å²) < 4.78 is 4.69. The predicted octanol–water partition coefficient (Wildman–Crippen LogP) is 3.37. The van der Waals surface area contributed by atoms with Gasteiger partial charge in [-0.15, -0.1) is 0 Å². The quantitative estimate of drug-likeness (QED) is 0.817. The van der Waals surface area contributed by atoms with Gasteiger partial charge in [-0.2, -0.15) is 0 Å². The fourth-order valence-electron chi connectivity index (χ4n) is 3.12. The Labute approximate surface area is 162 Å². The van der Waals surface area contributed by atoms with Gasteiger partial charge in [-0.25, -0.2) is 4.79 Å². The van der Waals surface area contributed by atoms with E-state index in [4.69, 9.17) is 11.6 Å². The molecule has 1 N–H and O–H groups in total. The highest BCUT2D eigenvalue weighted by Crippen LogP contribution is 2.24. The summed E-state index contributed by atoms with van der Waals surface area (Å²) in [5.41, 5.74) is 1.14. The molecular weight excluding hydrogens is 368 g/mol. The van der Waals surface area contributed by atoms with E-state index in [-0.39, 0.29) is 22.4 Å². The first-order valence-corrected chi connectivity index (χ1v) is 8.94. The number of carbonyl (C=O) groups is 3. The molecule has 27 heavy (non-hydrogen) atoms. The van der Waals surface area contributed by atoms with Crippen LogP contribution in [0, 0.1) is 0 Å². The Balaban J connectivity index is 1.76. The number of anilines is 1. The molecule has 1 aliphatic rings. The van der Waals surface area contributed by atoms with Gasteiger partial charge in [-0.1, -0.05) is 29.8 Å². The summed E-state index contributed by atoms with van der Waals surface area (Å²) >= 11 is 6.00. The van der Waals surface area contributed by atoms with Crippen molar-refractivity contribution in [2.24, 2.45) is 0 Å². The fourth-order valence-corrected chi connectivity index (χ4v) is 3.32. The second kappa shape index (κ2) is 8.22. The zero-order valence-electron chi connectivity index (χ0n) is 14.8. The summed E-state index contributed by atoms with van der Waals surface area (Å²) in [4.78, 5) is 38.8. The molecule has 1 saturated heterocycles. The molecule has 2 amide bonds. The van der Waals surface area contributed by atoms with Crippen molar-refractivity contribution in [3.8, 4) is 0 Å². The average molecular weight is 387 g/mol. The van der Waals surface area contributed by atoms with Crippen LogP contribution in [0.4, 0.5) is 5.69 Å². The van der Waals surface area contributed by atoms with E-state index in [0.29, 0.717) is 24.2 Å². The Morgan fingerprint density at radius 1 is 1.15 bits per heavy atom. The second-order valence-electron chi connectivity index (χ2n) is 6.20. The maximum absolute atomic E-state index is 12.7. The van der Waals surface area contributed by atoms with Crippen LogP contribution in [0.2, 0.25) is 5.02 Å². The molecule has 3 rings (SSSR count). The molecule has 6 nitrogen and oxygen atoms in total. The molecule has 0 aliphatic carbocycles. The number of carbonyl (C=O) groups excluding carboxylic acids is 3. The summed E-state index contributed by atoms with van der Waals surface area (Å²) in [5, 5.41) is 3.01. The van der Waals surface area contributed by atoms with Crippen molar-refractivity contribution in [2.75, 3.05) is 19.0 Å². The van der Waals surface area contributed by atoms with Crippen LogP contribution in [-0.4, -0.2) is 42.4 Å². The van der Waals surface area contributed by atoms with Crippen molar-refractivity contribution in [2.45, 2.75) is 18.9 Å². The molecular formula is C20H19ClN2O4. The smallest absolute Gasteiger partial charge is 0.339 e. The molecule has 0 spiro atoms. The zero-order valence-corrected chi connectivity index (χ0v) is 15.5. The Morgan fingerprint density at radius 2 is 1.89 bits per heavy atom. The number of esters is 1. The Bertz CT molecular complexity index is 870. The minimum atomic E-state index is -0.585. The topological polar surface area (TPSA) is 75.7 Å². The van der Waals surface area contributed by atoms with Crippen LogP contribution in [-0.2, 0) is 9.53 Å². The lowest BCUT2D eigenvalue weighted by atomic mass is 10.1. The van der Waals surface area contributed by atoms with Gasteiger partial charge in [0.25, 0.3) is 5.91 Å². The van der Waals surface area contributed by atoms with Gasteiger partial charge in [0, 0.05) is 17.8 Å². The van der Waals surface area contributed by atoms with Crippen molar-refractivity contribution in [1.29, 1.82) is 0 Å². The molecule has 0 radical (unpaired) electrons. The van der Waals surface area contributed by atoms with E-state index in [9.17, 15) is 14.4 Å². The lowest BCUT2D eigenvalue weighted by Crippen LogP contribution is -2.43. The maximum atomic E-state index is 12.7. The van der Waals surface area contributed by atoms with Gasteiger partial charge in [0.05, 0.1) is 17.7 Å². The predicted molar refractivity (Wildman–Crippen MR) is 102 cm³/mol. The van der Waals surface area contributed by atoms with Crippen LogP contribution in [0.5, 0.6) is 0 Å². The van der Waals surface area contributed by atoms with Crippen molar-refractivity contribution in [3.05, 3.63) is 64.7 Å². The molecule has 1 aliphatic heterocycles. The van der Waals surface area contributed by atoms with E-state index in [1.165, 1.54) is 19.2 Å². The first-order chi connectivity index (χ1) is 13.0. The van der Waals surface area contributed by atoms with Crippen LogP contribution >= 0.6 is 11.6 Å². The van der Waals surface area contributed by atoms with Crippen molar-refractivity contribution >= 4 is 35.1 Å². The van der Waals surface area contributed by atoms with E-state index >= 15 is 0 Å². The molecule has 1 atom stereocenters. The third kappa shape index (κ3) is 4.11. The highest BCUT2D eigenvalue weighted by atomic mass is 35.5. The van der Waals surface area contributed by atoms with Gasteiger partial charge >= 0.3 is 5.97 Å². The van der Waals surface area contributed by atoms with Gasteiger partial charge in [0.15, 0.2) is 0 Å². The number of methoxy groups -OCH3 is 1. The summed E-state index contributed by atoms with van der Waals surface area (Å²) in [5.74, 6) is -1.05. The fraction of sp³-hybridized carbons (Fsp3) is 0.250. The number of hydrogen-bond donors (Lipinski definition) is 1. The lowest BCUT2D eigenvalue weighted by Gasteiger charge is -2.24. The van der Waals surface area contributed by atoms with Gasteiger partial charge in [0.1, 0.15) is 6.04 Å². The van der Waals surface area contributed by atoms with E-state index in [2.05, 4.69) is 10.1 Å². The molecule has 1 fully saturated rings. The molecule has 1 unspecified atom stereocenters. The van der Waals surface area contributed by atoms with Crippen molar-refractivity contribution in [3.63, 3.8) is 0 Å². The SMILES string of the molecule is COC(=O)c1cc(NC(=O)C2CCCN2C(=O)c2ccccc2)ccc1Cl. The number of nitrogens with one attached hydrogen (secondary N) is 1. The molecule has 0 aromatic heterocycles. The van der Waals surface area contributed by atoms with E-state index in [1.807, 2.05) is 6.07 Å². The summed E-state index contributed by atoms with van der Waals surface area (Å²) in [6.45, 7) is 0.528. The number of benzene rings is 2. The minimum Gasteiger partial charge on any atom is -0.465 e. The van der Waals surface area contributed by atoms with Crippen molar-refractivity contribution < 1.29 is 19.1 Å². The minimum absolute atomic E-state index is 0.167. The number of halogens is 1. The second-order valence-corrected chi connectivity index (χ2v) is 6.61. The molecule has 0 bridgehead atoms. The molecule has 1 heterocycles. The zero-order chi connectivity index (χ0) is 19.4. The maximum Gasteiger partial charge on any atom is 0.339 e. The first kappa shape index (κ1) is 18.9. The number of nitrogens with zero attached hydrogens (tertiary/aromatic N) is 1. The molecule has 2 aromatic rings. The van der Waals surface area contributed by atoms with Crippen LogP contribution < -0.4 is 5.32 Å². The van der Waals surface area contributed by atoms with E-state index in [1.54, 1.807) is 35.2 Å². The van der Waals surface area contributed by atoms with Crippen LogP contribution in [0.15, 0.2) is 48.5 Å². The number of rotatable bonds is 4. The standard InChI is InChI=1S/C20H19ClN2O4/c1-27-20(26)15-12-14(9-10-16(15)21)22-18(24)17-8-5-11-23(17)19(25)13-6-3-2-4-7-13/h2-4,6-7,9-10,12,17H,5,8,11H2,1H3,(H,22,24). The molecule has 140 valence electrons. The third-order valence-electron chi connectivity index (χ3n) is 4.48. The highest BCUT2D eigenvalue weighted by Gasteiger charge is 2.34. The number of amides is 2. The average Bonchev–Trinajstić information content (AvgIpc) is 3.19. The summed E-state index contributed by atoms with van der Waals surface area (Å²) in [6.07, 6.45) is 1.34. The van der Waals surface area contributed by atoms with E-state index in [0.717, 1.165) is 6.42 Å². The van der Waals surface area contributed by atoms with Gasteiger partial charge < -0.3 is 15.0 Å². The summed E-state index contributed by atoms with van der Waals surface area (Å²) in [6, 6.07) is 12.9. The lowest BCUT2D eigenvalue weighted by molar-refractivity contribution is -0.119. The van der Waals surface area contributed by atoms with Gasteiger partial charge in [0.2, 0.25) is 5.91 Å². The molecule has 7 heteroatoms. The Kier molecular flexibility index (Phi) is 5.76.